The molecule has 0 radical (unpaired) electrons. The standard InChI is InChI=1S/C14H20ClNO3S/c15-13-5-7-14(8-6-13)20(18,19)16-9-11-3-1-2-4-12(11)10-17/h5-8,11-12,16-17H,1-4,9-10H2. The SMILES string of the molecule is O=S(=O)(NCC1CCCCC1CO)c1ccc(Cl)cc1. The van der Waals surface area contributed by atoms with E-state index >= 15 is 0 Å². The molecule has 1 aliphatic rings. The Hall–Kier alpha value is -0.620. The Kier molecular flexibility index (Phi) is 5.43. The summed E-state index contributed by atoms with van der Waals surface area (Å²) in [5.74, 6) is 0.424. The lowest BCUT2D eigenvalue weighted by Gasteiger charge is -2.30. The highest BCUT2D eigenvalue weighted by Crippen LogP contribution is 2.29. The van der Waals surface area contributed by atoms with Crippen molar-refractivity contribution in [3.63, 3.8) is 0 Å². The molecule has 1 saturated carbocycles. The summed E-state index contributed by atoms with van der Waals surface area (Å²) in [6, 6.07) is 6.12. The molecule has 6 heteroatoms. The van der Waals surface area contributed by atoms with Gasteiger partial charge in [0.05, 0.1) is 4.90 Å². The fourth-order valence-electron chi connectivity index (χ4n) is 2.71. The van der Waals surface area contributed by atoms with Crippen LogP contribution in [0.15, 0.2) is 29.2 Å². The van der Waals surface area contributed by atoms with Crippen LogP contribution in [-0.4, -0.2) is 26.7 Å². The Morgan fingerprint density at radius 2 is 1.75 bits per heavy atom. The van der Waals surface area contributed by atoms with E-state index in [1.165, 1.54) is 12.1 Å². The van der Waals surface area contributed by atoms with Gasteiger partial charge in [-0.25, -0.2) is 13.1 Å². The number of nitrogens with one attached hydrogen (secondary N) is 1. The van der Waals surface area contributed by atoms with Gasteiger partial charge in [-0.05, 0) is 48.9 Å². The van der Waals surface area contributed by atoms with Crippen LogP contribution in [-0.2, 0) is 10.0 Å². The third-order valence-corrected chi connectivity index (χ3v) is 5.65. The molecule has 1 aromatic carbocycles. The van der Waals surface area contributed by atoms with E-state index < -0.39 is 10.0 Å². The maximum atomic E-state index is 12.2. The van der Waals surface area contributed by atoms with E-state index in [0.717, 1.165) is 25.7 Å². The smallest absolute Gasteiger partial charge is 0.240 e. The Bertz CT molecular complexity index is 530. The summed E-state index contributed by atoms with van der Waals surface area (Å²) in [5.41, 5.74) is 0. The molecule has 2 unspecified atom stereocenters. The van der Waals surface area contributed by atoms with Gasteiger partial charge in [0.2, 0.25) is 10.0 Å². The Morgan fingerprint density at radius 1 is 1.15 bits per heavy atom. The van der Waals surface area contributed by atoms with Crippen molar-refractivity contribution in [2.24, 2.45) is 11.8 Å². The molecule has 0 spiro atoms. The normalized spacial score (nSPS) is 23.7. The van der Waals surface area contributed by atoms with Crippen LogP contribution in [0.1, 0.15) is 25.7 Å². The minimum atomic E-state index is -3.50. The van der Waals surface area contributed by atoms with Crippen molar-refractivity contribution in [3.8, 4) is 0 Å². The highest BCUT2D eigenvalue weighted by Gasteiger charge is 2.26. The number of aliphatic hydroxyl groups excluding tert-OH is 1. The fraction of sp³-hybridized carbons (Fsp3) is 0.571. The van der Waals surface area contributed by atoms with Crippen LogP contribution >= 0.6 is 11.6 Å². The summed E-state index contributed by atoms with van der Waals surface area (Å²) in [4.78, 5) is 0.221. The summed E-state index contributed by atoms with van der Waals surface area (Å²) < 4.78 is 27.0. The van der Waals surface area contributed by atoms with Gasteiger partial charge in [0.15, 0.2) is 0 Å². The summed E-state index contributed by atoms with van der Waals surface area (Å²) in [6.45, 7) is 0.517. The van der Waals surface area contributed by atoms with Crippen molar-refractivity contribution in [3.05, 3.63) is 29.3 Å². The highest BCUT2D eigenvalue weighted by atomic mass is 35.5. The summed E-state index contributed by atoms with van der Waals surface area (Å²) in [6.07, 6.45) is 4.16. The van der Waals surface area contributed by atoms with Crippen molar-refractivity contribution in [1.29, 1.82) is 0 Å². The molecule has 0 aromatic heterocycles. The maximum absolute atomic E-state index is 12.2. The van der Waals surface area contributed by atoms with Gasteiger partial charge >= 0.3 is 0 Å². The molecule has 1 fully saturated rings. The van der Waals surface area contributed by atoms with E-state index in [0.29, 0.717) is 11.6 Å². The molecule has 4 nitrogen and oxygen atoms in total. The average molecular weight is 318 g/mol. The number of halogens is 1. The van der Waals surface area contributed by atoms with E-state index in [4.69, 9.17) is 11.6 Å². The highest BCUT2D eigenvalue weighted by molar-refractivity contribution is 7.89. The maximum Gasteiger partial charge on any atom is 0.240 e. The number of hydrogen-bond donors (Lipinski definition) is 2. The Labute approximate surface area is 125 Å². The predicted molar refractivity (Wildman–Crippen MR) is 79.2 cm³/mol. The summed E-state index contributed by atoms with van der Waals surface area (Å²) in [5, 5.41) is 9.86. The predicted octanol–water partition coefficient (Wildman–Crippen LogP) is 2.42. The van der Waals surface area contributed by atoms with Crippen molar-refractivity contribution >= 4 is 21.6 Å². The number of sulfonamides is 1. The molecule has 0 bridgehead atoms. The third-order valence-electron chi connectivity index (χ3n) is 3.96. The number of rotatable bonds is 5. The lowest BCUT2D eigenvalue weighted by molar-refractivity contribution is 0.136. The van der Waals surface area contributed by atoms with E-state index in [9.17, 15) is 13.5 Å². The van der Waals surface area contributed by atoms with Crippen LogP contribution in [0.2, 0.25) is 5.02 Å². The molecule has 1 aliphatic carbocycles. The van der Waals surface area contributed by atoms with Crippen LogP contribution in [0, 0.1) is 11.8 Å². The second kappa shape index (κ2) is 6.89. The molecule has 0 amide bonds. The van der Waals surface area contributed by atoms with E-state index in [1.54, 1.807) is 12.1 Å². The molecule has 0 heterocycles. The van der Waals surface area contributed by atoms with Crippen LogP contribution in [0.5, 0.6) is 0 Å². The fourth-order valence-corrected chi connectivity index (χ4v) is 3.93. The van der Waals surface area contributed by atoms with Crippen molar-refractivity contribution in [1.82, 2.24) is 4.72 Å². The topological polar surface area (TPSA) is 66.4 Å². The zero-order valence-electron chi connectivity index (χ0n) is 11.3. The Morgan fingerprint density at radius 3 is 2.35 bits per heavy atom. The molecular formula is C14H20ClNO3S. The molecule has 112 valence electrons. The molecule has 0 saturated heterocycles. The third kappa shape index (κ3) is 3.95. The molecule has 0 aliphatic heterocycles. The second-order valence-electron chi connectivity index (χ2n) is 5.29. The lowest BCUT2D eigenvalue weighted by Crippen LogP contribution is -2.35. The van der Waals surface area contributed by atoms with Crippen LogP contribution in [0.3, 0.4) is 0 Å². The van der Waals surface area contributed by atoms with Crippen LogP contribution in [0.4, 0.5) is 0 Å². The number of aliphatic hydroxyl groups is 1. The minimum Gasteiger partial charge on any atom is -0.396 e. The van der Waals surface area contributed by atoms with Gasteiger partial charge in [0, 0.05) is 18.2 Å². The average Bonchev–Trinajstić information content (AvgIpc) is 2.46. The summed E-state index contributed by atoms with van der Waals surface area (Å²) >= 11 is 5.76. The van der Waals surface area contributed by atoms with Crippen LogP contribution in [0.25, 0.3) is 0 Å². The molecule has 2 atom stereocenters. The summed E-state index contributed by atoms with van der Waals surface area (Å²) in [7, 11) is -3.50. The first kappa shape index (κ1) is 15.8. The quantitative estimate of drug-likeness (QED) is 0.876. The molecule has 20 heavy (non-hydrogen) atoms. The first-order valence-electron chi connectivity index (χ1n) is 6.89. The van der Waals surface area contributed by atoms with E-state index in [-0.39, 0.29) is 23.3 Å². The van der Waals surface area contributed by atoms with Gasteiger partial charge in [0.25, 0.3) is 0 Å². The van der Waals surface area contributed by atoms with Gasteiger partial charge in [-0.3, -0.25) is 0 Å². The van der Waals surface area contributed by atoms with Gasteiger partial charge in [-0.15, -0.1) is 0 Å². The largest absolute Gasteiger partial charge is 0.396 e. The molecular weight excluding hydrogens is 298 g/mol. The van der Waals surface area contributed by atoms with Gasteiger partial charge in [0.1, 0.15) is 0 Å². The number of benzene rings is 1. The van der Waals surface area contributed by atoms with Gasteiger partial charge in [-0.1, -0.05) is 24.4 Å². The molecule has 2 rings (SSSR count). The zero-order valence-corrected chi connectivity index (χ0v) is 12.8. The molecule has 2 N–H and O–H groups in total. The first-order valence-corrected chi connectivity index (χ1v) is 8.75. The monoisotopic (exact) mass is 317 g/mol. The van der Waals surface area contributed by atoms with Crippen molar-refractivity contribution < 1.29 is 13.5 Å². The van der Waals surface area contributed by atoms with Crippen molar-refractivity contribution in [2.75, 3.05) is 13.2 Å². The minimum absolute atomic E-state index is 0.132. The van der Waals surface area contributed by atoms with Crippen molar-refractivity contribution in [2.45, 2.75) is 30.6 Å². The zero-order chi connectivity index (χ0) is 14.6. The Balaban J connectivity index is 1.99. The van der Waals surface area contributed by atoms with E-state index in [2.05, 4.69) is 4.72 Å². The lowest BCUT2D eigenvalue weighted by atomic mass is 9.80. The second-order valence-corrected chi connectivity index (χ2v) is 7.50. The van der Waals surface area contributed by atoms with Gasteiger partial charge in [-0.2, -0.15) is 0 Å². The van der Waals surface area contributed by atoms with E-state index in [1.807, 2.05) is 0 Å². The van der Waals surface area contributed by atoms with Crippen LogP contribution < -0.4 is 4.72 Å². The first-order chi connectivity index (χ1) is 9.53. The number of hydrogen-bond acceptors (Lipinski definition) is 3. The van der Waals surface area contributed by atoms with Gasteiger partial charge < -0.3 is 5.11 Å². The molecule has 1 aromatic rings.